The number of aryl methyl sites for hydroxylation is 2. The number of carbonyl (C=O) groups excluding carboxylic acids is 1. The van der Waals surface area contributed by atoms with Gasteiger partial charge in [-0.1, -0.05) is 18.2 Å². The third kappa shape index (κ3) is 4.25. The first kappa shape index (κ1) is 20.6. The number of aromatic amines is 1. The van der Waals surface area contributed by atoms with Crippen molar-refractivity contribution in [1.82, 2.24) is 15.3 Å². The van der Waals surface area contributed by atoms with Gasteiger partial charge in [0.1, 0.15) is 22.5 Å². The van der Waals surface area contributed by atoms with E-state index in [0.717, 1.165) is 35.0 Å². The Morgan fingerprint density at radius 3 is 3.03 bits per heavy atom. The van der Waals surface area contributed by atoms with Gasteiger partial charge < -0.3 is 10.3 Å². The van der Waals surface area contributed by atoms with Gasteiger partial charge in [0.25, 0.3) is 5.56 Å². The fourth-order valence-corrected chi connectivity index (χ4v) is 5.66. The molecule has 9 heteroatoms. The first-order chi connectivity index (χ1) is 14.6. The van der Waals surface area contributed by atoms with E-state index in [1.165, 1.54) is 34.8 Å². The Balaban J connectivity index is 1.31. The standard InChI is InChI=1S/C21H19FN4O2S2/c22-14-6-2-1-4-12(14)15(10-23)24-18(27)8-9-29-11-17-25-20(28)19-13-5-3-7-16(13)30-21(19)26-17/h1-2,4,6,15H,3,5,7-9,11H2,(H,24,27)(H,25,26,28). The zero-order valence-electron chi connectivity index (χ0n) is 16.0. The quantitative estimate of drug-likeness (QED) is 0.545. The molecule has 2 N–H and O–H groups in total. The van der Waals surface area contributed by atoms with Gasteiger partial charge in [0.05, 0.1) is 17.2 Å². The van der Waals surface area contributed by atoms with Crippen molar-refractivity contribution in [2.45, 2.75) is 37.5 Å². The molecule has 0 fully saturated rings. The lowest BCUT2D eigenvalue weighted by atomic mass is 10.1. The van der Waals surface area contributed by atoms with Crippen LogP contribution in [0.2, 0.25) is 0 Å². The summed E-state index contributed by atoms with van der Waals surface area (Å²) in [7, 11) is 0. The molecule has 3 aromatic rings. The Morgan fingerprint density at radius 1 is 1.40 bits per heavy atom. The molecule has 1 aliphatic rings. The van der Waals surface area contributed by atoms with Gasteiger partial charge in [-0.2, -0.15) is 17.0 Å². The normalized spacial score (nSPS) is 13.7. The number of thioether (sulfide) groups is 1. The number of thiophene rings is 1. The Hall–Kier alpha value is -2.70. The van der Waals surface area contributed by atoms with Crippen LogP contribution in [-0.4, -0.2) is 21.6 Å². The second kappa shape index (κ2) is 8.98. The Kier molecular flexibility index (Phi) is 6.16. The van der Waals surface area contributed by atoms with Crippen LogP contribution in [0.1, 0.15) is 40.7 Å². The molecular weight excluding hydrogens is 423 g/mol. The summed E-state index contributed by atoms with van der Waals surface area (Å²) in [5.74, 6) is 0.714. The van der Waals surface area contributed by atoms with Crippen LogP contribution in [0.25, 0.3) is 10.2 Å². The van der Waals surface area contributed by atoms with Crippen LogP contribution in [-0.2, 0) is 23.4 Å². The van der Waals surface area contributed by atoms with E-state index in [9.17, 15) is 19.2 Å². The Labute approximate surface area is 180 Å². The molecule has 1 atom stereocenters. The van der Waals surface area contributed by atoms with Crippen molar-refractivity contribution in [3.63, 3.8) is 0 Å². The van der Waals surface area contributed by atoms with Gasteiger partial charge in [0, 0.05) is 22.6 Å². The molecule has 1 aliphatic carbocycles. The summed E-state index contributed by atoms with van der Waals surface area (Å²) in [6.07, 6.45) is 3.24. The highest BCUT2D eigenvalue weighted by molar-refractivity contribution is 7.98. The highest BCUT2D eigenvalue weighted by Gasteiger charge is 2.21. The van der Waals surface area contributed by atoms with E-state index in [1.807, 2.05) is 6.07 Å². The molecular formula is C21H19FN4O2S2. The van der Waals surface area contributed by atoms with Crippen LogP contribution in [0.4, 0.5) is 4.39 Å². The number of benzene rings is 1. The minimum Gasteiger partial charge on any atom is -0.337 e. The summed E-state index contributed by atoms with van der Waals surface area (Å²) in [5, 5.41) is 12.5. The highest BCUT2D eigenvalue weighted by atomic mass is 32.2. The van der Waals surface area contributed by atoms with Crippen LogP contribution in [0.3, 0.4) is 0 Å². The molecule has 2 heterocycles. The summed E-state index contributed by atoms with van der Waals surface area (Å²) in [4.78, 5) is 34.1. The van der Waals surface area contributed by atoms with E-state index < -0.39 is 11.9 Å². The fourth-order valence-electron chi connectivity index (χ4n) is 3.57. The maximum atomic E-state index is 13.8. The molecule has 1 unspecified atom stereocenters. The largest absolute Gasteiger partial charge is 0.337 e. The molecule has 0 spiro atoms. The predicted octanol–water partition coefficient (Wildman–Crippen LogP) is 3.62. The van der Waals surface area contributed by atoms with Crippen molar-refractivity contribution in [3.05, 3.63) is 62.3 Å². The van der Waals surface area contributed by atoms with Crippen LogP contribution in [0.15, 0.2) is 29.1 Å². The van der Waals surface area contributed by atoms with Crippen molar-refractivity contribution in [1.29, 1.82) is 5.26 Å². The van der Waals surface area contributed by atoms with Crippen LogP contribution >= 0.6 is 23.1 Å². The number of nitrogens with zero attached hydrogens (tertiary/aromatic N) is 2. The number of halogens is 1. The average molecular weight is 443 g/mol. The number of nitrogens with one attached hydrogen (secondary N) is 2. The van der Waals surface area contributed by atoms with Crippen molar-refractivity contribution >= 4 is 39.2 Å². The van der Waals surface area contributed by atoms with Crippen molar-refractivity contribution in [2.75, 3.05) is 5.75 Å². The molecule has 1 amide bonds. The number of H-pyrrole nitrogens is 1. The lowest BCUT2D eigenvalue weighted by Crippen LogP contribution is -2.28. The van der Waals surface area contributed by atoms with Crippen molar-refractivity contribution < 1.29 is 9.18 Å². The molecule has 154 valence electrons. The molecule has 1 aromatic carbocycles. The second-order valence-corrected chi connectivity index (χ2v) is 9.19. The zero-order chi connectivity index (χ0) is 21.1. The number of amides is 1. The van der Waals surface area contributed by atoms with E-state index in [4.69, 9.17) is 0 Å². The molecule has 0 saturated heterocycles. The minimum absolute atomic E-state index is 0.0884. The first-order valence-electron chi connectivity index (χ1n) is 9.61. The first-order valence-corrected chi connectivity index (χ1v) is 11.6. The summed E-state index contributed by atoms with van der Waals surface area (Å²) in [6, 6.07) is 6.79. The van der Waals surface area contributed by atoms with E-state index in [-0.39, 0.29) is 23.5 Å². The van der Waals surface area contributed by atoms with Gasteiger partial charge in [-0.15, -0.1) is 11.3 Å². The summed E-state index contributed by atoms with van der Waals surface area (Å²) >= 11 is 3.07. The summed E-state index contributed by atoms with van der Waals surface area (Å²) in [6.45, 7) is 0. The number of hydrogen-bond acceptors (Lipinski definition) is 6. The number of rotatable bonds is 7. The predicted molar refractivity (Wildman–Crippen MR) is 116 cm³/mol. The third-order valence-electron chi connectivity index (χ3n) is 4.99. The molecule has 2 aromatic heterocycles. The minimum atomic E-state index is -1.02. The molecule has 0 saturated carbocycles. The molecule has 30 heavy (non-hydrogen) atoms. The zero-order valence-corrected chi connectivity index (χ0v) is 17.7. The van der Waals surface area contributed by atoms with Gasteiger partial charge in [0.2, 0.25) is 5.91 Å². The van der Waals surface area contributed by atoms with Crippen LogP contribution in [0.5, 0.6) is 0 Å². The van der Waals surface area contributed by atoms with E-state index in [1.54, 1.807) is 17.4 Å². The number of fused-ring (bicyclic) bond motifs is 3. The van der Waals surface area contributed by atoms with Crippen LogP contribution < -0.4 is 10.9 Å². The lowest BCUT2D eigenvalue weighted by Gasteiger charge is -2.12. The lowest BCUT2D eigenvalue weighted by molar-refractivity contribution is -0.121. The van der Waals surface area contributed by atoms with Gasteiger partial charge in [0.15, 0.2) is 0 Å². The molecule has 6 nitrogen and oxygen atoms in total. The Morgan fingerprint density at radius 2 is 2.23 bits per heavy atom. The topological polar surface area (TPSA) is 98.6 Å². The summed E-state index contributed by atoms with van der Waals surface area (Å²) < 4.78 is 13.8. The van der Waals surface area contributed by atoms with Crippen molar-refractivity contribution in [3.8, 4) is 6.07 Å². The van der Waals surface area contributed by atoms with Crippen LogP contribution in [0, 0.1) is 17.1 Å². The van der Waals surface area contributed by atoms with Gasteiger partial charge in [-0.25, -0.2) is 9.37 Å². The average Bonchev–Trinajstić information content (AvgIpc) is 3.31. The number of carbonyl (C=O) groups is 1. The van der Waals surface area contributed by atoms with Gasteiger partial charge in [-0.3, -0.25) is 9.59 Å². The molecule has 0 aliphatic heterocycles. The van der Waals surface area contributed by atoms with E-state index >= 15 is 0 Å². The summed E-state index contributed by atoms with van der Waals surface area (Å²) in [5.41, 5.74) is 1.22. The number of nitriles is 1. The molecule has 4 rings (SSSR count). The van der Waals surface area contributed by atoms with Gasteiger partial charge >= 0.3 is 0 Å². The number of aromatic nitrogens is 2. The highest BCUT2D eigenvalue weighted by Crippen LogP contribution is 2.34. The third-order valence-corrected chi connectivity index (χ3v) is 7.14. The Bertz CT molecular complexity index is 1200. The molecule has 0 bridgehead atoms. The maximum absolute atomic E-state index is 13.8. The monoisotopic (exact) mass is 442 g/mol. The van der Waals surface area contributed by atoms with E-state index in [2.05, 4.69) is 15.3 Å². The number of hydrogen-bond donors (Lipinski definition) is 2. The van der Waals surface area contributed by atoms with E-state index in [0.29, 0.717) is 17.3 Å². The van der Waals surface area contributed by atoms with Crippen molar-refractivity contribution in [2.24, 2.45) is 0 Å². The SMILES string of the molecule is N#CC(NC(=O)CCSCc1nc2sc3c(c2c(=O)[nH]1)CCC3)c1ccccc1F. The fraction of sp³-hybridized carbons (Fsp3) is 0.333. The smallest absolute Gasteiger partial charge is 0.259 e. The maximum Gasteiger partial charge on any atom is 0.259 e. The van der Waals surface area contributed by atoms with Gasteiger partial charge in [-0.05, 0) is 30.9 Å². The second-order valence-electron chi connectivity index (χ2n) is 7.00. The molecule has 0 radical (unpaired) electrons.